The number of carbonyl (C=O) groups excluding carboxylic acids is 1. The van der Waals surface area contributed by atoms with E-state index in [1.54, 1.807) is 37.3 Å². The van der Waals surface area contributed by atoms with Crippen LogP contribution in [-0.2, 0) is 4.79 Å². The van der Waals surface area contributed by atoms with Crippen molar-refractivity contribution in [2.75, 3.05) is 5.32 Å². The van der Waals surface area contributed by atoms with Gasteiger partial charge in [-0.3, -0.25) is 14.2 Å². The summed E-state index contributed by atoms with van der Waals surface area (Å²) in [6.45, 7) is 1.62. The predicted molar refractivity (Wildman–Crippen MR) is 123 cm³/mol. The van der Waals surface area contributed by atoms with Gasteiger partial charge >= 0.3 is 0 Å². The van der Waals surface area contributed by atoms with Gasteiger partial charge in [-0.05, 0) is 49.4 Å². The highest BCUT2D eigenvalue weighted by molar-refractivity contribution is 8.00. The zero-order valence-corrected chi connectivity index (χ0v) is 18.3. The van der Waals surface area contributed by atoms with Crippen LogP contribution in [0.2, 0.25) is 5.02 Å². The maximum absolute atomic E-state index is 14.6. The Labute approximate surface area is 191 Å². The van der Waals surface area contributed by atoms with Gasteiger partial charge in [-0.25, -0.2) is 13.8 Å². The average Bonchev–Trinajstić information content (AvgIpc) is 2.77. The second-order valence-corrected chi connectivity index (χ2v) is 8.59. The molecule has 1 unspecified atom stereocenters. The summed E-state index contributed by atoms with van der Waals surface area (Å²) in [5, 5.41) is 2.44. The first-order chi connectivity index (χ1) is 15.3. The van der Waals surface area contributed by atoms with E-state index in [4.69, 9.17) is 11.6 Å². The lowest BCUT2D eigenvalue weighted by Gasteiger charge is -2.17. The fraction of sp³-hybridized carbons (Fsp3) is 0.0870. The number of thioether (sulfide) groups is 1. The monoisotopic (exact) mass is 471 g/mol. The molecule has 3 aromatic carbocycles. The molecule has 1 N–H and O–H groups in total. The van der Waals surface area contributed by atoms with Gasteiger partial charge < -0.3 is 5.32 Å². The second kappa shape index (κ2) is 9.10. The van der Waals surface area contributed by atoms with Crippen molar-refractivity contribution in [2.24, 2.45) is 0 Å². The molecule has 1 aromatic heterocycles. The molecule has 4 aromatic rings. The molecular weight excluding hydrogens is 456 g/mol. The third kappa shape index (κ3) is 4.37. The van der Waals surface area contributed by atoms with Crippen molar-refractivity contribution >= 4 is 45.9 Å². The Hall–Kier alpha value is -3.23. The van der Waals surface area contributed by atoms with E-state index in [-0.39, 0.29) is 21.6 Å². The summed E-state index contributed by atoms with van der Waals surface area (Å²) < 4.78 is 29.0. The first kappa shape index (κ1) is 22.0. The predicted octanol–water partition coefficient (Wildman–Crippen LogP) is 5.44. The molecule has 0 saturated heterocycles. The van der Waals surface area contributed by atoms with Crippen LogP contribution in [-0.4, -0.2) is 20.7 Å². The van der Waals surface area contributed by atoms with Crippen molar-refractivity contribution < 1.29 is 13.6 Å². The highest BCUT2D eigenvalue weighted by Gasteiger charge is 2.22. The van der Waals surface area contributed by atoms with E-state index >= 15 is 0 Å². The van der Waals surface area contributed by atoms with E-state index in [9.17, 15) is 18.4 Å². The molecule has 1 heterocycles. The first-order valence-electron chi connectivity index (χ1n) is 9.54. The average molecular weight is 472 g/mol. The van der Waals surface area contributed by atoms with Gasteiger partial charge in [0.15, 0.2) is 5.16 Å². The Balaban J connectivity index is 1.73. The normalized spacial score (nSPS) is 12.0. The lowest BCUT2D eigenvalue weighted by Crippen LogP contribution is -2.26. The van der Waals surface area contributed by atoms with Crippen LogP contribution in [0, 0.1) is 11.6 Å². The number of rotatable bonds is 5. The first-order valence-corrected chi connectivity index (χ1v) is 10.8. The third-order valence-electron chi connectivity index (χ3n) is 4.68. The van der Waals surface area contributed by atoms with Crippen molar-refractivity contribution in [1.82, 2.24) is 9.55 Å². The van der Waals surface area contributed by atoms with E-state index in [1.165, 1.54) is 30.3 Å². The zero-order valence-electron chi connectivity index (χ0n) is 16.7. The second-order valence-electron chi connectivity index (χ2n) is 6.88. The van der Waals surface area contributed by atoms with Gasteiger partial charge in [-0.1, -0.05) is 47.6 Å². The minimum absolute atomic E-state index is 0.0347. The van der Waals surface area contributed by atoms with Crippen molar-refractivity contribution in [3.63, 3.8) is 0 Å². The van der Waals surface area contributed by atoms with Crippen LogP contribution in [0.25, 0.3) is 16.6 Å². The van der Waals surface area contributed by atoms with Gasteiger partial charge in [0.05, 0.1) is 32.6 Å². The van der Waals surface area contributed by atoms with Crippen molar-refractivity contribution in [2.45, 2.75) is 17.3 Å². The largest absolute Gasteiger partial charge is 0.324 e. The summed E-state index contributed by atoms with van der Waals surface area (Å²) in [6.07, 6.45) is 0. The number of aromatic nitrogens is 2. The van der Waals surface area contributed by atoms with Gasteiger partial charge in [0.1, 0.15) is 11.6 Å². The maximum Gasteiger partial charge on any atom is 0.266 e. The summed E-state index contributed by atoms with van der Waals surface area (Å²) in [4.78, 5) is 30.5. The molecule has 0 saturated carbocycles. The zero-order chi connectivity index (χ0) is 22.8. The number of hydrogen-bond donors (Lipinski definition) is 1. The van der Waals surface area contributed by atoms with Crippen LogP contribution in [0.3, 0.4) is 0 Å². The fourth-order valence-electron chi connectivity index (χ4n) is 3.07. The minimum Gasteiger partial charge on any atom is -0.324 e. The molecule has 5 nitrogen and oxygen atoms in total. The molecule has 1 amide bonds. The Kier molecular flexibility index (Phi) is 6.25. The summed E-state index contributed by atoms with van der Waals surface area (Å²) in [5.41, 5.74) is 0.273. The molecule has 4 rings (SSSR count). The molecule has 0 aliphatic heterocycles. The van der Waals surface area contributed by atoms with Gasteiger partial charge in [0.2, 0.25) is 5.91 Å². The summed E-state index contributed by atoms with van der Waals surface area (Å²) in [7, 11) is 0. The van der Waals surface area contributed by atoms with Gasteiger partial charge in [0.25, 0.3) is 5.56 Å². The molecule has 0 bridgehead atoms. The van der Waals surface area contributed by atoms with Gasteiger partial charge in [-0.15, -0.1) is 0 Å². The molecule has 1 atom stereocenters. The number of carbonyl (C=O) groups is 1. The number of benzene rings is 3. The highest BCUT2D eigenvalue weighted by atomic mass is 35.5. The Morgan fingerprint density at radius 3 is 2.56 bits per heavy atom. The molecule has 0 aliphatic carbocycles. The molecule has 9 heteroatoms. The topological polar surface area (TPSA) is 64.0 Å². The van der Waals surface area contributed by atoms with E-state index < -0.39 is 28.4 Å². The van der Waals surface area contributed by atoms with E-state index in [2.05, 4.69) is 10.3 Å². The van der Waals surface area contributed by atoms with Crippen molar-refractivity contribution in [3.05, 3.63) is 93.7 Å². The summed E-state index contributed by atoms with van der Waals surface area (Å²) in [5.74, 6) is -1.56. The van der Waals surface area contributed by atoms with E-state index in [0.717, 1.165) is 22.4 Å². The summed E-state index contributed by atoms with van der Waals surface area (Å²) in [6, 6.07) is 16.2. The Morgan fingerprint density at radius 2 is 1.81 bits per heavy atom. The number of halogens is 3. The molecule has 0 aliphatic rings. The Morgan fingerprint density at radius 1 is 1.09 bits per heavy atom. The number of nitrogens with one attached hydrogen (secondary N) is 1. The quantitative estimate of drug-likeness (QED) is 0.311. The van der Waals surface area contributed by atoms with Gasteiger partial charge in [-0.2, -0.15) is 0 Å². The molecule has 0 spiro atoms. The van der Waals surface area contributed by atoms with Crippen LogP contribution in [0.5, 0.6) is 0 Å². The van der Waals surface area contributed by atoms with Crippen molar-refractivity contribution in [3.8, 4) is 5.69 Å². The number of para-hydroxylation sites is 2. The molecule has 32 heavy (non-hydrogen) atoms. The van der Waals surface area contributed by atoms with Crippen LogP contribution in [0.1, 0.15) is 6.92 Å². The van der Waals surface area contributed by atoms with E-state index in [0.29, 0.717) is 10.9 Å². The maximum atomic E-state index is 14.6. The molecule has 0 radical (unpaired) electrons. The molecule has 162 valence electrons. The van der Waals surface area contributed by atoms with Crippen molar-refractivity contribution in [1.29, 1.82) is 0 Å². The lowest BCUT2D eigenvalue weighted by atomic mass is 10.2. The van der Waals surface area contributed by atoms with E-state index in [1.807, 2.05) is 0 Å². The SMILES string of the molecule is CC(Sc1nc2ccccc2c(=O)n1-c1ccccc1F)C(=O)Nc1ccc(F)cc1Cl. The van der Waals surface area contributed by atoms with Gasteiger partial charge in [0, 0.05) is 0 Å². The summed E-state index contributed by atoms with van der Waals surface area (Å²) >= 11 is 6.98. The van der Waals surface area contributed by atoms with Crippen LogP contribution >= 0.6 is 23.4 Å². The number of hydrogen-bond acceptors (Lipinski definition) is 4. The molecule has 0 fully saturated rings. The van der Waals surface area contributed by atoms with Crippen LogP contribution < -0.4 is 10.9 Å². The lowest BCUT2D eigenvalue weighted by molar-refractivity contribution is -0.115. The fourth-order valence-corrected chi connectivity index (χ4v) is 4.21. The van der Waals surface area contributed by atoms with Crippen LogP contribution in [0.4, 0.5) is 14.5 Å². The smallest absolute Gasteiger partial charge is 0.266 e. The standard InChI is InChI=1S/C23H16ClF2N3O2S/c1-13(21(30)27-19-11-10-14(25)12-16(19)24)32-23-28-18-8-4-2-6-15(18)22(31)29(23)20-9-5-3-7-17(20)26/h2-13H,1H3,(H,27,30). The number of fused-ring (bicyclic) bond motifs is 1. The number of anilines is 1. The number of nitrogens with zero attached hydrogens (tertiary/aromatic N) is 2. The Bertz CT molecular complexity index is 1390. The van der Waals surface area contributed by atoms with Crippen LogP contribution in [0.15, 0.2) is 76.7 Å². The minimum atomic E-state index is -0.734. The molecular formula is C23H16ClF2N3O2S. The number of amides is 1. The third-order valence-corrected chi connectivity index (χ3v) is 6.04. The highest BCUT2D eigenvalue weighted by Crippen LogP contribution is 2.28.